The Bertz CT molecular complexity index is 744. The molecule has 0 bridgehead atoms. The van der Waals surface area contributed by atoms with E-state index in [1.54, 1.807) is 18.2 Å². The predicted octanol–water partition coefficient (Wildman–Crippen LogP) is 4.60. The van der Waals surface area contributed by atoms with Crippen molar-refractivity contribution in [1.29, 1.82) is 0 Å². The highest BCUT2D eigenvalue weighted by molar-refractivity contribution is 6.35. The zero-order valence-electron chi connectivity index (χ0n) is 14.1. The molecule has 138 valence electrons. The number of ether oxygens (including phenoxy) is 2. The van der Waals surface area contributed by atoms with Crippen molar-refractivity contribution in [2.75, 3.05) is 30.4 Å². The van der Waals surface area contributed by atoms with Crippen LogP contribution in [0.15, 0.2) is 42.5 Å². The molecule has 7 heteroatoms. The molecule has 0 aliphatic carbocycles. The summed E-state index contributed by atoms with van der Waals surface area (Å²) in [5.41, 5.74) is 1.36. The van der Waals surface area contributed by atoms with Crippen LogP contribution in [0.25, 0.3) is 0 Å². The van der Waals surface area contributed by atoms with E-state index in [9.17, 15) is 4.79 Å². The van der Waals surface area contributed by atoms with Gasteiger partial charge in [-0.3, -0.25) is 4.79 Å². The summed E-state index contributed by atoms with van der Waals surface area (Å²) in [6, 6.07) is 12.4. The highest BCUT2D eigenvalue weighted by Gasteiger charge is 2.16. The first-order valence-electron chi connectivity index (χ1n) is 8.43. The first-order chi connectivity index (χ1) is 12.6. The highest BCUT2D eigenvalue weighted by atomic mass is 35.5. The molecule has 2 aromatic carbocycles. The molecule has 2 aromatic rings. The van der Waals surface area contributed by atoms with Gasteiger partial charge in [0, 0.05) is 34.1 Å². The number of carbonyl (C=O) groups is 1. The number of carbonyl (C=O) groups excluding carboxylic acids is 1. The lowest BCUT2D eigenvalue weighted by molar-refractivity contribution is -0.114. The first kappa shape index (κ1) is 18.8. The second-order valence-corrected chi connectivity index (χ2v) is 6.91. The van der Waals surface area contributed by atoms with E-state index < -0.39 is 0 Å². The maximum absolute atomic E-state index is 12.1. The molecule has 3 rings (SSSR count). The summed E-state index contributed by atoms with van der Waals surface area (Å²) < 4.78 is 11.3. The summed E-state index contributed by atoms with van der Waals surface area (Å²) in [5, 5.41) is 6.76. The van der Waals surface area contributed by atoms with Crippen LogP contribution in [-0.4, -0.2) is 31.8 Å². The number of amides is 1. The van der Waals surface area contributed by atoms with E-state index in [2.05, 4.69) is 10.6 Å². The van der Waals surface area contributed by atoms with Gasteiger partial charge in [0.2, 0.25) is 5.91 Å². The SMILES string of the molecule is O=C(CNc1cccc(OCC2CCCO2)c1)Nc1cc(Cl)cc(Cl)c1. The summed E-state index contributed by atoms with van der Waals surface area (Å²) in [6.45, 7) is 1.46. The second kappa shape index (κ2) is 9.12. The summed E-state index contributed by atoms with van der Waals surface area (Å²) in [7, 11) is 0. The maximum atomic E-state index is 12.1. The third-order valence-electron chi connectivity index (χ3n) is 3.89. The van der Waals surface area contributed by atoms with Gasteiger partial charge in [-0.2, -0.15) is 0 Å². The number of nitrogens with one attached hydrogen (secondary N) is 2. The minimum atomic E-state index is -0.200. The van der Waals surface area contributed by atoms with Crippen LogP contribution in [-0.2, 0) is 9.53 Å². The molecule has 5 nitrogen and oxygen atoms in total. The van der Waals surface area contributed by atoms with Crippen molar-refractivity contribution in [3.8, 4) is 5.75 Å². The van der Waals surface area contributed by atoms with Gasteiger partial charge in [-0.1, -0.05) is 29.3 Å². The Morgan fingerprint density at radius 3 is 2.69 bits per heavy atom. The summed E-state index contributed by atoms with van der Waals surface area (Å²) in [6.07, 6.45) is 2.29. The number of hydrogen-bond acceptors (Lipinski definition) is 4. The fraction of sp³-hybridized carbons (Fsp3) is 0.316. The van der Waals surface area contributed by atoms with Gasteiger partial charge in [-0.25, -0.2) is 0 Å². The highest BCUT2D eigenvalue weighted by Crippen LogP contribution is 2.23. The van der Waals surface area contributed by atoms with Crippen molar-refractivity contribution >= 4 is 40.5 Å². The summed E-state index contributed by atoms with van der Waals surface area (Å²) in [4.78, 5) is 12.1. The van der Waals surface area contributed by atoms with E-state index in [1.807, 2.05) is 24.3 Å². The van der Waals surface area contributed by atoms with Crippen molar-refractivity contribution < 1.29 is 14.3 Å². The Morgan fingerprint density at radius 1 is 1.15 bits per heavy atom. The predicted molar refractivity (Wildman–Crippen MR) is 104 cm³/mol. The monoisotopic (exact) mass is 394 g/mol. The molecule has 0 radical (unpaired) electrons. The number of anilines is 2. The molecule has 2 N–H and O–H groups in total. The maximum Gasteiger partial charge on any atom is 0.243 e. The van der Waals surface area contributed by atoms with Gasteiger partial charge < -0.3 is 20.1 Å². The third kappa shape index (κ3) is 5.80. The van der Waals surface area contributed by atoms with Crippen LogP contribution in [0.4, 0.5) is 11.4 Å². The Hall–Kier alpha value is -1.95. The average molecular weight is 395 g/mol. The van der Waals surface area contributed by atoms with Crippen LogP contribution in [0.5, 0.6) is 5.75 Å². The van der Waals surface area contributed by atoms with Gasteiger partial charge in [-0.05, 0) is 43.2 Å². The zero-order valence-corrected chi connectivity index (χ0v) is 15.6. The second-order valence-electron chi connectivity index (χ2n) is 6.03. The lowest BCUT2D eigenvalue weighted by atomic mass is 10.2. The minimum absolute atomic E-state index is 0.110. The largest absolute Gasteiger partial charge is 0.491 e. The van der Waals surface area contributed by atoms with E-state index in [4.69, 9.17) is 32.7 Å². The molecule has 1 unspecified atom stereocenters. The van der Waals surface area contributed by atoms with Gasteiger partial charge in [0.25, 0.3) is 0 Å². The number of halogens is 2. The number of benzene rings is 2. The van der Waals surface area contributed by atoms with Crippen molar-refractivity contribution in [2.24, 2.45) is 0 Å². The Labute approximate surface area is 162 Å². The zero-order chi connectivity index (χ0) is 18.4. The fourth-order valence-corrected chi connectivity index (χ4v) is 3.20. The third-order valence-corrected chi connectivity index (χ3v) is 4.33. The van der Waals surface area contributed by atoms with Crippen LogP contribution < -0.4 is 15.4 Å². The van der Waals surface area contributed by atoms with Gasteiger partial charge in [0.15, 0.2) is 0 Å². The molecular weight excluding hydrogens is 375 g/mol. The van der Waals surface area contributed by atoms with Crippen LogP contribution >= 0.6 is 23.2 Å². The fourth-order valence-electron chi connectivity index (χ4n) is 2.67. The van der Waals surface area contributed by atoms with E-state index in [-0.39, 0.29) is 18.6 Å². The molecule has 1 aliphatic rings. The van der Waals surface area contributed by atoms with Crippen LogP contribution in [0, 0.1) is 0 Å². The average Bonchev–Trinajstić information content (AvgIpc) is 3.11. The molecular formula is C19H20Cl2N2O3. The van der Waals surface area contributed by atoms with E-state index >= 15 is 0 Å². The standard InChI is InChI=1S/C19H20Cl2N2O3/c20-13-7-14(21)9-16(8-13)23-19(24)11-22-15-3-1-4-17(10-15)26-12-18-5-2-6-25-18/h1,3-4,7-10,18,22H,2,5-6,11-12H2,(H,23,24). The Morgan fingerprint density at radius 2 is 1.96 bits per heavy atom. The topological polar surface area (TPSA) is 59.6 Å². The van der Waals surface area contributed by atoms with Crippen LogP contribution in [0.3, 0.4) is 0 Å². The normalized spacial score (nSPS) is 16.3. The molecule has 0 spiro atoms. The molecule has 1 amide bonds. The molecule has 0 aromatic heterocycles. The van der Waals surface area contributed by atoms with Crippen LogP contribution in [0.1, 0.15) is 12.8 Å². The lowest BCUT2D eigenvalue weighted by Gasteiger charge is -2.13. The van der Waals surface area contributed by atoms with Crippen molar-refractivity contribution in [3.63, 3.8) is 0 Å². The first-order valence-corrected chi connectivity index (χ1v) is 9.18. The molecule has 0 saturated carbocycles. The van der Waals surface area contributed by atoms with E-state index in [1.165, 1.54) is 0 Å². The summed E-state index contributed by atoms with van der Waals surface area (Å²) in [5.74, 6) is 0.543. The quantitative estimate of drug-likeness (QED) is 0.719. The molecule has 26 heavy (non-hydrogen) atoms. The lowest BCUT2D eigenvalue weighted by Crippen LogP contribution is -2.21. The van der Waals surface area contributed by atoms with Crippen molar-refractivity contribution in [1.82, 2.24) is 0 Å². The van der Waals surface area contributed by atoms with E-state index in [0.29, 0.717) is 22.3 Å². The Kier molecular flexibility index (Phi) is 6.61. The van der Waals surface area contributed by atoms with E-state index in [0.717, 1.165) is 30.9 Å². The van der Waals surface area contributed by atoms with Gasteiger partial charge in [0.05, 0.1) is 12.6 Å². The van der Waals surface area contributed by atoms with Gasteiger partial charge >= 0.3 is 0 Å². The molecule has 1 aliphatic heterocycles. The summed E-state index contributed by atoms with van der Waals surface area (Å²) >= 11 is 11.9. The molecule has 1 heterocycles. The number of rotatable bonds is 7. The number of hydrogen-bond donors (Lipinski definition) is 2. The van der Waals surface area contributed by atoms with Gasteiger partial charge in [-0.15, -0.1) is 0 Å². The van der Waals surface area contributed by atoms with Crippen molar-refractivity contribution in [3.05, 3.63) is 52.5 Å². The van der Waals surface area contributed by atoms with Crippen LogP contribution in [0.2, 0.25) is 10.0 Å². The smallest absolute Gasteiger partial charge is 0.243 e. The van der Waals surface area contributed by atoms with Gasteiger partial charge in [0.1, 0.15) is 12.4 Å². The molecule has 1 atom stereocenters. The molecule has 1 saturated heterocycles. The van der Waals surface area contributed by atoms with Crippen molar-refractivity contribution in [2.45, 2.75) is 18.9 Å². The Balaban J connectivity index is 1.49. The minimum Gasteiger partial charge on any atom is -0.491 e. The molecule has 1 fully saturated rings.